The molecule has 0 aliphatic rings. The molecule has 0 spiro atoms. The summed E-state index contributed by atoms with van der Waals surface area (Å²) in [6.07, 6.45) is 0.302. The highest BCUT2D eigenvalue weighted by Crippen LogP contribution is 2.17. The van der Waals surface area contributed by atoms with Crippen molar-refractivity contribution in [2.24, 2.45) is 0 Å². The van der Waals surface area contributed by atoms with Crippen molar-refractivity contribution >= 4 is 22.4 Å². The second-order valence-corrected chi connectivity index (χ2v) is 6.04. The summed E-state index contributed by atoms with van der Waals surface area (Å²) in [6, 6.07) is 20.4. The number of non-ortho nitro benzene ring substituents is 1. The van der Waals surface area contributed by atoms with Crippen LogP contribution in [0.3, 0.4) is 0 Å². The van der Waals surface area contributed by atoms with Gasteiger partial charge in [-0.15, -0.1) is 0 Å². The topological polar surface area (TPSA) is 63.4 Å². The number of likely N-dealkylation sites (N-methyl/N-ethyl adjacent to an activating group) is 1. The minimum Gasteiger partial charge on any atom is -0.341 e. The molecular weight excluding hydrogens is 316 g/mol. The van der Waals surface area contributed by atoms with Gasteiger partial charge in [-0.1, -0.05) is 54.6 Å². The van der Waals surface area contributed by atoms with Gasteiger partial charge in [-0.25, -0.2) is 0 Å². The van der Waals surface area contributed by atoms with E-state index in [1.807, 2.05) is 42.5 Å². The number of hydrogen-bond acceptors (Lipinski definition) is 3. The van der Waals surface area contributed by atoms with E-state index in [2.05, 4.69) is 0 Å². The van der Waals surface area contributed by atoms with E-state index in [9.17, 15) is 14.9 Å². The Hall–Kier alpha value is -3.21. The zero-order valence-corrected chi connectivity index (χ0v) is 13.9. The van der Waals surface area contributed by atoms with Gasteiger partial charge in [0.2, 0.25) is 5.91 Å². The van der Waals surface area contributed by atoms with Crippen molar-refractivity contribution in [3.63, 3.8) is 0 Å². The Bertz CT molecular complexity index is 937. The lowest BCUT2D eigenvalue weighted by Crippen LogP contribution is -2.27. The molecule has 0 aliphatic carbocycles. The first-order valence-electron chi connectivity index (χ1n) is 7.98. The third kappa shape index (κ3) is 4.01. The largest absolute Gasteiger partial charge is 0.341 e. The zero-order chi connectivity index (χ0) is 17.8. The van der Waals surface area contributed by atoms with Crippen LogP contribution in [0.1, 0.15) is 11.1 Å². The van der Waals surface area contributed by atoms with Gasteiger partial charge >= 0.3 is 0 Å². The molecule has 0 saturated carbocycles. The minimum absolute atomic E-state index is 0.0261. The van der Waals surface area contributed by atoms with E-state index in [-0.39, 0.29) is 11.6 Å². The Kier molecular flexibility index (Phi) is 4.75. The van der Waals surface area contributed by atoms with E-state index in [0.717, 1.165) is 21.9 Å². The van der Waals surface area contributed by atoms with Gasteiger partial charge in [-0.3, -0.25) is 14.9 Å². The molecule has 5 heteroatoms. The summed E-state index contributed by atoms with van der Waals surface area (Å²) >= 11 is 0. The highest BCUT2D eigenvalue weighted by molar-refractivity contribution is 5.85. The van der Waals surface area contributed by atoms with Gasteiger partial charge in [0.1, 0.15) is 0 Å². The summed E-state index contributed by atoms with van der Waals surface area (Å²) in [5.74, 6) is -0.0261. The molecule has 0 unspecified atom stereocenters. The van der Waals surface area contributed by atoms with Gasteiger partial charge in [-0.05, 0) is 21.9 Å². The van der Waals surface area contributed by atoms with Crippen LogP contribution in [-0.4, -0.2) is 22.8 Å². The van der Waals surface area contributed by atoms with Gasteiger partial charge in [0.25, 0.3) is 5.69 Å². The van der Waals surface area contributed by atoms with Crippen LogP contribution in [0.4, 0.5) is 5.69 Å². The third-order valence-corrected chi connectivity index (χ3v) is 4.14. The van der Waals surface area contributed by atoms with Crippen molar-refractivity contribution in [3.05, 3.63) is 88.0 Å². The van der Waals surface area contributed by atoms with Crippen LogP contribution in [0, 0.1) is 10.1 Å². The number of fused-ring (bicyclic) bond motifs is 1. The Morgan fingerprint density at radius 3 is 2.48 bits per heavy atom. The molecule has 0 saturated heterocycles. The second-order valence-electron chi connectivity index (χ2n) is 6.04. The number of hydrogen-bond donors (Lipinski definition) is 0. The summed E-state index contributed by atoms with van der Waals surface area (Å²) in [5.41, 5.74) is 1.73. The highest BCUT2D eigenvalue weighted by Gasteiger charge is 2.12. The van der Waals surface area contributed by atoms with Crippen LogP contribution in [0.2, 0.25) is 0 Å². The van der Waals surface area contributed by atoms with Gasteiger partial charge in [0.05, 0.1) is 11.3 Å². The predicted molar refractivity (Wildman–Crippen MR) is 97.2 cm³/mol. The lowest BCUT2D eigenvalue weighted by Gasteiger charge is -2.17. The van der Waals surface area contributed by atoms with Gasteiger partial charge < -0.3 is 4.90 Å². The Balaban J connectivity index is 1.69. The maximum absolute atomic E-state index is 12.5. The van der Waals surface area contributed by atoms with Crippen LogP contribution in [0.25, 0.3) is 10.8 Å². The molecule has 0 aliphatic heterocycles. The molecule has 3 aromatic rings. The molecule has 0 bridgehead atoms. The Labute approximate surface area is 145 Å². The summed E-state index contributed by atoms with van der Waals surface area (Å²) < 4.78 is 0. The first-order chi connectivity index (χ1) is 12.0. The molecule has 126 valence electrons. The number of nitro groups is 1. The van der Waals surface area contributed by atoms with E-state index in [0.29, 0.717) is 13.0 Å². The molecular formula is C20H18N2O3. The Morgan fingerprint density at radius 2 is 1.72 bits per heavy atom. The fourth-order valence-electron chi connectivity index (χ4n) is 2.79. The molecule has 0 radical (unpaired) electrons. The minimum atomic E-state index is -0.430. The molecule has 0 atom stereocenters. The third-order valence-electron chi connectivity index (χ3n) is 4.14. The number of nitro benzene ring substituents is 1. The number of carbonyl (C=O) groups is 1. The number of carbonyl (C=O) groups excluding carboxylic acids is 1. The van der Waals surface area contributed by atoms with Crippen molar-refractivity contribution in [1.29, 1.82) is 0 Å². The number of benzene rings is 3. The summed E-state index contributed by atoms with van der Waals surface area (Å²) in [7, 11) is 1.71. The summed E-state index contributed by atoms with van der Waals surface area (Å²) in [4.78, 5) is 24.5. The van der Waals surface area contributed by atoms with Gasteiger partial charge in [0.15, 0.2) is 0 Å². The number of nitrogens with zero attached hydrogens (tertiary/aromatic N) is 2. The SMILES string of the molecule is CN(Cc1cccc([N+](=O)[O-])c1)C(=O)Cc1ccc2ccccc2c1. The van der Waals surface area contributed by atoms with Crippen molar-refractivity contribution in [3.8, 4) is 0 Å². The first-order valence-corrected chi connectivity index (χ1v) is 7.98. The summed E-state index contributed by atoms with van der Waals surface area (Å²) in [5, 5.41) is 13.1. The molecule has 5 nitrogen and oxygen atoms in total. The lowest BCUT2D eigenvalue weighted by molar-refractivity contribution is -0.384. The van der Waals surface area contributed by atoms with E-state index in [1.54, 1.807) is 24.1 Å². The molecule has 0 aromatic heterocycles. The highest BCUT2D eigenvalue weighted by atomic mass is 16.6. The van der Waals surface area contributed by atoms with Crippen LogP contribution in [-0.2, 0) is 17.8 Å². The van der Waals surface area contributed by atoms with Gasteiger partial charge in [0, 0.05) is 25.7 Å². The molecule has 0 heterocycles. The molecule has 0 N–H and O–H groups in total. The van der Waals surface area contributed by atoms with E-state index >= 15 is 0 Å². The van der Waals surface area contributed by atoms with Crippen molar-refractivity contribution < 1.29 is 9.72 Å². The van der Waals surface area contributed by atoms with Crippen molar-refractivity contribution in [1.82, 2.24) is 4.90 Å². The second kappa shape index (κ2) is 7.13. The quantitative estimate of drug-likeness (QED) is 0.524. The average Bonchev–Trinajstić information content (AvgIpc) is 2.61. The van der Waals surface area contributed by atoms with Crippen LogP contribution >= 0.6 is 0 Å². The summed E-state index contributed by atoms with van der Waals surface area (Å²) in [6.45, 7) is 0.341. The number of rotatable bonds is 5. The predicted octanol–water partition coefficient (Wildman–Crippen LogP) is 3.95. The lowest BCUT2D eigenvalue weighted by atomic mass is 10.0. The van der Waals surface area contributed by atoms with Crippen molar-refractivity contribution in [2.45, 2.75) is 13.0 Å². The van der Waals surface area contributed by atoms with E-state index in [1.165, 1.54) is 12.1 Å². The molecule has 3 rings (SSSR count). The fraction of sp³-hybridized carbons (Fsp3) is 0.150. The van der Waals surface area contributed by atoms with Crippen LogP contribution < -0.4 is 0 Å². The van der Waals surface area contributed by atoms with Gasteiger partial charge in [-0.2, -0.15) is 0 Å². The maximum atomic E-state index is 12.5. The average molecular weight is 334 g/mol. The Morgan fingerprint density at radius 1 is 0.960 bits per heavy atom. The van der Waals surface area contributed by atoms with E-state index < -0.39 is 4.92 Å². The standard InChI is InChI=1S/C20H18N2O3/c1-21(14-16-5-4-8-19(12-16)22(24)25)20(23)13-15-9-10-17-6-2-3-7-18(17)11-15/h2-12H,13-14H2,1H3. The van der Waals surface area contributed by atoms with E-state index in [4.69, 9.17) is 0 Å². The maximum Gasteiger partial charge on any atom is 0.269 e. The monoisotopic (exact) mass is 334 g/mol. The molecule has 25 heavy (non-hydrogen) atoms. The van der Waals surface area contributed by atoms with Crippen LogP contribution in [0.15, 0.2) is 66.7 Å². The number of amides is 1. The van der Waals surface area contributed by atoms with Crippen molar-refractivity contribution in [2.75, 3.05) is 7.05 Å². The fourth-order valence-corrected chi connectivity index (χ4v) is 2.79. The molecule has 3 aromatic carbocycles. The zero-order valence-electron chi connectivity index (χ0n) is 13.9. The first kappa shape index (κ1) is 16.6. The normalized spacial score (nSPS) is 10.6. The molecule has 1 amide bonds. The smallest absolute Gasteiger partial charge is 0.269 e. The van der Waals surface area contributed by atoms with Crippen LogP contribution in [0.5, 0.6) is 0 Å². The molecule has 0 fully saturated rings.